The lowest BCUT2D eigenvalue weighted by Gasteiger charge is -2.14. The minimum absolute atomic E-state index is 0.0594. The molecular formula is C24H23Cl2N7O4. The summed E-state index contributed by atoms with van der Waals surface area (Å²) >= 11 is 13.1. The minimum atomic E-state index is -1.03. The van der Waals surface area contributed by atoms with Crippen LogP contribution in [0.25, 0.3) is 16.7 Å². The summed E-state index contributed by atoms with van der Waals surface area (Å²) in [6, 6.07) is 7.77. The van der Waals surface area contributed by atoms with E-state index in [1.54, 1.807) is 34.5 Å². The standard InChI is InChI=1S/C24H23Cl2N7O4/c1-2-37-24(36)29-23(35)18(11-27)31-30-15-9-16(25)22(17(26)10-15)33-19-7-8-21(34)32(20(19)12-28-33)13-14-5-3-4-6-14/h7-10,12,14,30H,2-6,13H2,1H3,(H,29,35,36)/b31-18-. The number of hydrogen-bond donors (Lipinski definition) is 2. The molecule has 1 saturated carbocycles. The third-order valence-electron chi connectivity index (χ3n) is 5.98. The topological polar surface area (TPSA) is 143 Å². The summed E-state index contributed by atoms with van der Waals surface area (Å²) in [6.45, 7) is 2.27. The summed E-state index contributed by atoms with van der Waals surface area (Å²) < 4.78 is 7.91. The third kappa shape index (κ3) is 5.76. The highest BCUT2D eigenvalue weighted by molar-refractivity contribution is 6.47. The number of hydrogen-bond acceptors (Lipinski definition) is 8. The number of ether oxygens (including phenoxy) is 1. The Morgan fingerprint density at radius 3 is 2.57 bits per heavy atom. The fourth-order valence-electron chi connectivity index (χ4n) is 4.29. The molecule has 0 saturated heterocycles. The Bertz CT molecular complexity index is 1460. The van der Waals surface area contributed by atoms with Crippen molar-refractivity contribution in [3.8, 4) is 11.8 Å². The van der Waals surface area contributed by atoms with Crippen LogP contribution in [0.3, 0.4) is 0 Å². The van der Waals surface area contributed by atoms with E-state index in [-0.39, 0.29) is 27.9 Å². The molecule has 0 bridgehead atoms. The Balaban J connectivity index is 1.61. The number of nitriles is 1. The first-order valence-electron chi connectivity index (χ1n) is 11.6. The van der Waals surface area contributed by atoms with Crippen LogP contribution in [-0.2, 0) is 16.1 Å². The van der Waals surface area contributed by atoms with Gasteiger partial charge < -0.3 is 9.30 Å². The van der Waals surface area contributed by atoms with Gasteiger partial charge in [0.1, 0.15) is 11.8 Å². The Morgan fingerprint density at radius 2 is 1.92 bits per heavy atom. The molecule has 192 valence electrons. The number of halogens is 2. The van der Waals surface area contributed by atoms with Crippen molar-refractivity contribution in [3.05, 3.63) is 50.9 Å². The number of anilines is 1. The lowest BCUT2D eigenvalue weighted by molar-refractivity contribution is -0.114. The molecule has 0 atom stereocenters. The van der Waals surface area contributed by atoms with E-state index in [2.05, 4.69) is 20.4 Å². The predicted octanol–water partition coefficient (Wildman–Crippen LogP) is 4.25. The molecule has 0 aliphatic heterocycles. The smallest absolute Gasteiger partial charge is 0.414 e. The van der Waals surface area contributed by atoms with E-state index in [4.69, 9.17) is 23.2 Å². The molecule has 2 amide bonds. The zero-order valence-electron chi connectivity index (χ0n) is 19.8. The molecule has 2 aromatic heterocycles. The molecule has 13 heteroatoms. The van der Waals surface area contributed by atoms with Crippen molar-refractivity contribution < 1.29 is 14.3 Å². The van der Waals surface area contributed by atoms with E-state index in [1.165, 1.54) is 31.0 Å². The van der Waals surface area contributed by atoms with Crippen molar-refractivity contribution in [1.82, 2.24) is 19.7 Å². The maximum Gasteiger partial charge on any atom is 0.414 e. The summed E-state index contributed by atoms with van der Waals surface area (Å²) in [6.07, 6.45) is 5.18. The molecule has 1 fully saturated rings. The van der Waals surface area contributed by atoms with Crippen molar-refractivity contribution in [2.45, 2.75) is 39.2 Å². The van der Waals surface area contributed by atoms with Gasteiger partial charge in [0, 0.05) is 12.6 Å². The first-order valence-corrected chi connectivity index (χ1v) is 12.4. The van der Waals surface area contributed by atoms with Gasteiger partial charge in [-0.2, -0.15) is 15.5 Å². The van der Waals surface area contributed by atoms with Gasteiger partial charge in [0.15, 0.2) is 0 Å². The number of fused-ring (bicyclic) bond motifs is 1. The van der Waals surface area contributed by atoms with E-state index in [0.717, 1.165) is 12.8 Å². The van der Waals surface area contributed by atoms with Crippen LogP contribution in [0.1, 0.15) is 32.6 Å². The van der Waals surface area contributed by atoms with Crippen molar-refractivity contribution in [3.63, 3.8) is 0 Å². The Morgan fingerprint density at radius 1 is 1.22 bits per heavy atom. The molecule has 0 spiro atoms. The van der Waals surface area contributed by atoms with Crippen molar-refractivity contribution in [2.75, 3.05) is 12.0 Å². The molecule has 2 N–H and O–H groups in total. The lowest BCUT2D eigenvalue weighted by Crippen LogP contribution is -2.36. The van der Waals surface area contributed by atoms with Crippen LogP contribution in [0.5, 0.6) is 0 Å². The van der Waals surface area contributed by atoms with Crippen molar-refractivity contribution in [2.24, 2.45) is 11.0 Å². The van der Waals surface area contributed by atoms with E-state index in [1.807, 2.05) is 5.32 Å². The second-order valence-electron chi connectivity index (χ2n) is 8.41. The van der Waals surface area contributed by atoms with Gasteiger partial charge >= 0.3 is 6.09 Å². The lowest BCUT2D eigenvalue weighted by atomic mass is 10.1. The number of imide groups is 1. The third-order valence-corrected chi connectivity index (χ3v) is 6.56. The summed E-state index contributed by atoms with van der Waals surface area (Å²) in [5.41, 5.74) is 3.87. The molecule has 0 unspecified atom stereocenters. The van der Waals surface area contributed by atoms with Crippen molar-refractivity contribution >= 4 is 57.6 Å². The van der Waals surface area contributed by atoms with Crippen LogP contribution >= 0.6 is 23.2 Å². The number of rotatable bonds is 7. The Kier molecular flexibility index (Phi) is 8.11. The highest BCUT2D eigenvalue weighted by Gasteiger charge is 2.20. The maximum atomic E-state index is 12.6. The maximum absolute atomic E-state index is 12.6. The van der Waals surface area contributed by atoms with Gasteiger partial charge in [0.05, 0.1) is 39.6 Å². The fourth-order valence-corrected chi connectivity index (χ4v) is 4.94. The normalized spacial score (nSPS) is 13.9. The van der Waals surface area contributed by atoms with Crippen LogP contribution in [0.2, 0.25) is 10.0 Å². The summed E-state index contributed by atoms with van der Waals surface area (Å²) in [5, 5.41) is 19.7. The van der Waals surface area contributed by atoms with Crippen molar-refractivity contribution in [1.29, 1.82) is 5.26 Å². The number of benzene rings is 1. The molecule has 1 aromatic carbocycles. The highest BCUT2D eigenvalue weighted by Crippen LogP contribution is 2.34. The molecule has 4 rings (SSSR count). The molecular weight excluding hydrogens is 521 g/mol. The predicted molar refractivity (Wildman–Crippen MR) is 139 cm³/mol. The highest BCUT2D eigenvalue weighted by atomic mass is 35.5. The van der Waals surface area contributed by atoms with Crippen LogP contribution < -0.4 is 16.3 Å². The first-order chi connectivity index (χ1) is 17.8. The van der Waals surface area contributed by atoms with Crippen LogP contribution in [0.4, 0.5) is 10.5 Å². The number of carbonyl (C=O) groups is 2. The van der Waals surface area contributed by atoms with Gasteiger partial charge in [-0.1, -0.05) is 36.0 Å². The van der Waals surface area contributed by atoms with E-state index >= 15 is 0 Å². The number of aromatic nitrogens is 3. The Hall–Kier alpha value is -3.88. The Labute approximate surface area is 221 Å². The number of alkyl carbamates (subject to hydrolysis) is 1. The second-order valence-corrected chi connectivity index (χ2v) is 9.22. The second kappa shape index (κ2) is 11.5. The van der Waals surface area contributed by atoms with Gasteiger partial charge in [0.25, 0.3) is 11.5 Å². The zero-order valence-corrected chi connectivity index (χ0v) is 21.3. The van der Waals surface area contributed by atoms with Gasteiger partial charge in [-0.05, 0) is 43.9 Å². The number of nitrogens with zero attached hydrogens (tertiary/aromatic N) is 5. The fraction of sp³-hybridized carbons (Fsp3) is 0.333. The average Bonchev–Trinajstić information content (AvgIpc) is 3.51. The quantitative estimate of drug-likeness (QED) is 0.334. The van der Waals surface area contributed by atoms with E-state index < -0.39 is 17.7 Å². The minimum Gasteiger partial charge on any atom is -0.450 e. The van der Waals surface area contributed by atoms with Crippen LogP contribution in [0, 0.1) is 17.2 Å². The molecule has 3 aromatic rings. The molecule has 1 aliphatic rings. The van der Waals surface area contributed by atoms with Gasteiger partial charge in [0.2, 0.25) is 5.71 Å². The average molecular weight is 544 g/mol. The number of pyridine rings is 1. The number of nitrogens with one attached hydrogen (secondary N) is 2. The summed E-state index contributed by atoms with van der Waals surface area (Å²) in [5.74, 6) is -0.573. The van der Waals surface area contributed by atoms with E-state index in [0.29, 0.717) is 29.2 Å². The van der Waals surface area contributed by atoms with E-state index in [9.17, 15) is 19.6 Å². The van der Waals surface area contributed by atoms with Gasteiger partial charge in [-0.25, -0.2) is 9.48 Å². The molecule has 37 heavy (non-hydrogen) atoms. The molecule has 1 aliphatic carbocycles. The van der Waals surface area contributed by atoms with Gasteiger partial charge in [-0.3, -0.25) is 20.3 Å². The number of carbonyl (C=O) groups excluding carboxylic acids is 2. The zero-order chi connectivity index (χ0) is 26.5. The molecule has 0 radical (unpaired) electrons. The largest absolute Gasteiger partial charge is 0.450 e. The molecule has 2 heterocycles. The molecule has 11 nitrogen and oxygen atoms in total. The van der Waals surface area contributed by atoms with Gasteiger partial charge in [-0.15, -0.1) is 0 Å². The number of amides is 2. The SMILES string of the molecule is CCOC(=O)NC(=O)/C(C#N)=N\Nc1cc(Cl)c(-n2ncc3c2ccc(=O)n3CC2CCCC2)c(Cl)c1. The summed E-state index contributed by atoms with van der Waals surface area (Å²) in [4.78, 5) is 36.0. The monoisotopic (exact) mass is 543 g/mol. The first kappa shape index (κ1) is 26.2. The summed E-state index contributed by atoms with van der Waals surface area (Å²) in [7, 11) is 0. The van der Waals surface area contributed by atoms with Crippen LogP contribution in [-0.4, -0.2) is 38.7 Å². The number of hydrazone groups is 1. The van der Waals surface area contributed by atoms with Crippen LogP contribution in [0.15, 0.2) is 40.4 Å².